The summed E-state index contributed by atoms with van der Waals surface area (Å²) in [6.45, 7) is 5.20. The van der Waals surface area contributed by atoms with Crippen LogP contribution < -0.4 is 4.74 Å². The van der Waals surface area contributed by atoms with Gasteiger partial charge in [-0.05, 0) is 25.5 Å². The average molecular weight is 244 g/mol. The van der Waals surface area contributed by atoms with Crippen molar-refractivity contribution in [3.63, 3.8) is 0 Å². The van der Waals surface area contributed by atoms with Crippen LogP contribution in [0, 0.1) is 6.92 Å². The van der Waals surface area contributed by atoms with E-state index in [0.29, 0.717) is 17.9 Å². The normalized spacial score (nSPS) is 10.3. The Morgan fingerprint density at radius 2 is 2.28 bits per heavy atom. The SMILES string of the molecule is CCn1ccnc1COc1c(C)cccc1C=O. The zero-order chi connectivity index (χ0) is 13.0. The van der Waals surface area contributed by atoms with Gasteiger partial charge in [-0.2, -0.15) is 0 Å². The summed E-state index contributed by atoms with van der Waals surface area (Å²) in [5, 5.41) is 0. The van der Waals surface area contributed by atoms with Crippen LogP contribution in [-0.4, -0.2) is 15.8 Å². The number of rotatable bonds is 5. The van der Waals surface area contributed by atoms with Crippen LogP contribution in [0.15, 0.2) is 30.6 Å². The van der Waals surface area contributed by atoms with E-state index < -0.39 is 0 Å². The Bertz CT molecular complexity index is 546. The Hall–Kier alpha value is -2.10. The molecule has 0 saturated carbocycles. The molecule has 2 rings (SSSR count). The Morgan fingerprint density at radius 3 is 3.00 bits per heavy atom. The van der Waals surface area contributed by atoms with Crippen molar-refractivity contribution in [2.45, 2.75) is 27.0 Å². The molecule has 4 nitrogen and oxygen atoms in total. The summed E-state index contributed by atoms with van der Waals surface area (Å²) < 4.78 is 7.74. The van der Waals surface area contributed by atoms with Crippen LogP contribution >= 0.6 is 0 Å². The number of para-hydroxylation sites is 1. The molecule has 0 unspecified atom stereocenters. The lowest BCUT2D eigenvalue weighted by Gasteiger charge is -2.11. The molecule has 0 spiro atoms. The first kappa shape index (κ1) is 12.4. The molecule has 2 aromatic rings. The molecule has 0 atom stereocenters. The van der Waals surface area contributed by atoms with Gasteiger partial charge in [-0.1, -0.05) is 12.1 Å². The molecule has 0 N–H and O–H groups in total. The fourth-order valence-electron chi connectivity index (χ4n) is 1.87. The number of imidazole rings is 1. The van der Waals surface area contributed by atoms with Crippen LogP contribution in [-0.2, 0) is 13.2 Å². The minimum Gasteiger partial charge on any atom is -0.485 e. The largest absolute Gasteiger partial charge is 0.485 e. The number of nitrogens with zero attached hydrogens (tertiary/aromatic N) is 2. The van der Waals surface area contributed by atoms with Crippen molar-refractivity contribution in [1.82, 2.24) is 9.55 Å². The second-order valence-corrected chi connectivity index (χ2v) is 4.03. The first-order chi connectivity index (χ1) is 8.76. The fraction of sp³-hybridized carbons (Fsp3) is 0.286. The predicted molar refractivity (Wildman–Crippen MR) is 68.8 cm³/mol. The van der Waals surface area contributed by atoms with E-state index in [0.717, 1.165) is 24.2 Å². The van der Waals surface area contributed by atoms with Crippen LogP contribution in [0.25, 0.3) is 0 Å². The standard InChI is InChI=1S/C14H16N2O2/c1-3-16-8-7-15-13(16)10-18-14-11(2)5-4-6-12(14)9-17/h4-9H,3,10H2,1-2H3. The second-order valence-electron chi connectivity index (χ2n) is 4.03. The lowest BCUT2D eigenvalue weighted by Crippen LogP contribution is -2.07. The van der Waals surface area contributed by atoms with E-state index in [2.05, 4.69) is 11.9 Å². The molecule has 0 aliphatic rings. The molecule has 0 aliphatic carbocycles. The van der Waals surface area contributed by atoms with E-state index in [1.807, 2.05) is 29.8 Å². The van der Waals surface area contributed by atoms with Gasteiger partial charge in [-0.3, -0.25) is 4.79 Å². The van der Waals surface area contributed by atoms with Gasteiger partial charge in [0.15, 0.2) is 6.29 Å². The molecule has 94 valence electrons. The summed E-state index contributed by atoms with van der Waals surface area (Å²) in [4.78, 5) is 15.2. The van der Waals surface area contributed by atoms with Gasteiger partial charge in [0.05, 0.1) is 5.56 Å². The maximum absolute atomic E-state index is 11.0. The number of benzene rings is 1. The Labute approximate surface area is 106 Å². The van der Waals surface area contributed by atoms with E-state index in [1.54, 1.807) is 12.3 Å². The number of aryl methyl sites for hydroxylation is 2. The number of ether oxygens (including phenoxy) is 1. The first-order valence-electron chi connectivity index (χ1n) is 5.94. The zero-order valence-electron chi connectivity index (χ0n) is 10.6. The lowest BCUT2D eigenvalue weighted by molar-refractivity contribution is 0.111. The van der Waals surface area contributed by atoms with Crippen molar-refractivity contribution in [2.24, 2.45) is 0 Å². The molecule has 1 aromatic heterocycles. The van der Waals surface area contributed by atoms with Crippen LogP contribution in [0.4, 0.5) is 0 Å². The van der Waals surface area contributed by atoms with Crippen molar-refractivity contribution in [2.75, 3.05) is 0 Å². The first-order valence-corrected chi connectivity index (χ1v) is 5.94. The molecule has 0 fully saturated rings. The third kappa shape index (κ3) is 2.42. The van der Waals surface area contributed by atoms with Gasteiger partial charge in [-0.15, -0.1) is 0 Å². The second kappa shape index (κ2) is 5.49. The molecule has 0 aliphatic heterocycles. The number of aldehydes is 1. The number of carbonyl (C=O) groups excluding carboxylic acids is 1. The molecule has 1 aromatic carbocycles. The van der Waals surface area contributed by atoms with Crippen LogP contribution in [0.1, 0.15) is 28.7 Å². The Kier molecular flexibility index (Phi) is 3.77. The van der Waals surface area contributed by atoms with E-state index >= 15 is 0 Å². The highest BCUT2D eigenvalue weighted by molar-refractivity contribution is 5.80. The highest BCUT2D eigenvalue weighted by atomic mass is 16.5. The summed E-state index contributed by atoms with van der Waals surface area (Å²) in [5.41, 5.74) is 1.53. The molecule has 1 heterocycles. The van der Waals surface area contributed by atoms with Crippen molar-refractivity contribution in [3.8, 4) is 5.75 Å². The number of carbonyl (C=O) groups is 1. The maximum atomic E-state index is 11.0. The van der Waals surface area contributed by atoms with Crippen molar-refractivity contribution in [1.29, 1.82) is 0 Å². The smallest absolute Gasteiger partial charge is 0.153 e. The predicted octanol–water partition coefficient (Wildman–Crippen LogP) is 2.60. The Morgan fingerprint density at radius 1 is 1.44 bits per heavy atom. The third-order valence-corrected chi connectivity index (χ3v) is 2.86. The molecular formula is C14H16N2O2. The van der Waals surface area contributed by atoms with Crippen LogP contribution in [0.2, 0.25) is 0 Å². The van der Waals surface area contributed by atoms with Crippen molar-refractivity contribution < 1.29 is 9.53 Å². The third-order valence-electron chi connectivity index (χ3n) is 2.86. The topological polar surface area (TPSA) is 44.1 Å². The van der Waals surface area contributed by atoms with Gasteiger partial charge < -0.3 is 9.30 Å². The summed E-state index contributed by atoms with van der Waals surface area (Å²) >= 11 is 0. The van der Waals surface area contributed by atoms with E-state index in [9.17, 15) is 4.79 Å². The van der Waals surface area contributed by atoms with E-state index in [-0.39, 0.29) is 0 Å². The quantitative estimate of drug-likeness (QED) is 0.759. The molecular weight excluding hydrogens is 228 g/mol. The molecule has 4 heteroatoms. The molecule has 0 bridgehead atoms. The summed E-state index contributed by atoms with van der Waals surface area (Å²) in [6, 6.07) is 5.52. The van der Waals surface area contributed by atoms with Gasteiger partial charge in [0.1, 0.15) is 18.2 Å². The maximum Gasteiger partial charge on any atom is 0.153 e. The van der Waals surface area contributed by atoms with E-state index in [1.165, 1.54) is 0 Å². The minimum absolute atomic E-state index is 0.368. The van der Waals surface area contributed by atoms with Crippen molar-refractivity contribution >= 4 is 6.29 Å². The molecule has 18 heavy (non-hydrogen) atoms. The lowest BCUT2D eigenvalue weighted by atomic mass is 10.1. The highest BCUT2D eigenvalue weighted by Gasteiger charge is 2.08. The van der Waals surface area contributed by atoms with Gasteiger partial charge in [0.2, 0.25) is 0 Å². The van der Waals surface area contributed by atoms with Gasteiger partial charge >= 0.3 is 0 Å². The summed E-state index contributed by atoms with van der Waals surface area (Å²) in [6.07, 6.45) is 4.48. The van der Waals surface area contributed by atoms with Crippen LogP contribution in [0.3, 0.4) is 0 Å². The molecule has 0 radical (unpaired) electrons. The number of aromatic nitrogens is 2. The number of hydrogen-bond donors (Lipinski definition) is 0. The zero-order valence-corrected chi connectivity index (χ0v) is 10.6. The van der Waals surface area contributed by atoms with Gasteiger partial charge in [-0.25, -0.2) is 4.98 Å². The molecule has 0 saturated heterocycles. The van der Waals surface area contributed by atoms with Crippen LogP contribution in [0.5, 0.6) is 5.75 Å². The molecule has 0 amide bonds. The van der Waals surface area contributed by atoms with Crippen molar-refractivity contribution in [3.05, 3.63) is 47.5 Å². The Balaban J connectivity index is 2.18. The fourth-order valence-corrected chi connectivity index (χ4v) is 1.87. The van der Waals surface area contributed by atoms with Gasteiger partial charge in [0, 0.05) is 18.9 Å². The highest BCUT2D eigenvalue weighted by Crippen LogP contribution is 2.22. The van der Waals surface area contributed by atoms with E-state index in [4.69, 9.17) is 4.74 Å². The average Bonchev–Trinajstić information content (AvgIpc) is 2.84. The summed E-state index contributed by atoms with van der Waals surface area (Å²) in [5.74, 6) is 1.50. The minimum atomic E-state index is 0.368. The monoisotopic (exact) mass is 244 g/mol. The number of hydrogen-bond acceptors (Lipinski definition) is 3. The van der Waals surface area contributed by atoms with Gasteiger partial charge in [0.25, 0.3) is 0 Å². The summed E-state index contributed by atoms with van der Waals surface area (Å²) in [7, 11) is 0.